The van der Waals surface area contributed by atoms with E-state index < -0.39 is 9.84 Å². The Morgan fingerprint density at radius 1 is 1.42 bits per heavy atom. The summed E-state index contributed by atoms with van der Waals surface area (Å²) in [4.78, 5) is 18.7. The molecular formula is C12H14N2O4S. The molecule has 19 heavy (non-hydrogen) atoms. The highest BCUT2D eigenvalue weighted by molar-refractivity contribution is 7.90. The molecule has 1 aromatic carbocycles. The van der Waals surface area contributed by atoms with Gasteiger partial charge in [0.05, 0.1) is 22.5 Å². The van der Waals surface area contributed by atoms with Crippen LogP contribution in [0.1, 0.15) is 12.7 Å². The van der Waals surface area contributed by atoms with Crippen LogP contribution in [0.25, 0.3) is 11.0 Å². The van der Waals surface area contributed by atoms with E-state index in [1.165, 1.54) is 12.1 Å². The number of hydrogen-bond acceptors (Lipinski definition) is 5. The van der Waals surface area contributed by atoms with Crippen molar-refractivity contribution in [2.24, 2.45) is 0 Å². The Labute approximate surface area is 110 Å². The van der Waals surface area contributed by atoms with E-state index in [4.69, 9.17) is 4.74 Å². The molecule has 0 amide bonds. The molecule has 102 valence electrons. The van der Waals surface area contributed by atoms with E-state index in [2.05, 4.69) is 9.97 Å². The second kappa shape index (κ2) is 5.00. The van der Waals surface area contributed by atoms with Gasteiger partial charge in [0, 0.05) is 6.26 Å². The molecule has 0 aliphatic rings. The number of rotatable bonds is 4. The van der Waals surface area contributed by atoms with Crippen molar-refractivity contribution in [1.29, 1.82) is 0 Å². The highest BCUT2D eigenvalue weighted by Crippen LogP contribution is 2.17. The molecule has 0 atom stereocenters. The molecule has 0 fully saturated rings. The number of fused-ring (bicyclic) bond motifs is 1. The first-order valence-electron chi connectivity index (χ1n) is 5.74. The molecule has 2 rings (SSSR count). The molecule has 0 aliphatic heterocycles. The van der Waals surface area contributed by atoms with Gasteiger partial charge in [-0.2, -0.15) is 0 Å². The van der Waals surface area contributed by atoms with Crippen molar-refractivity contribution < 1.29 is 17.9 Å². The SMILES string of the molecule is CCOC(=O)Cc1nc2ccc(S(C)(=O)=O)cc2[nH]1. The predicted molar refractivity (Wildman–Crippen MR) is 69.5 cm³/mol. The van der Waals surface area contributed by atoms with Crippen molar-refractivity contribution in [2.45, 2.75) is 18.2 Å². The number of aromatic amines is 1. The van der Waals surface area contributed by atoms with Gasteiger partial charge in [-0.25, -0.2) is 13.4 Å². The van der Waals surface area contributed by atoms with Gasteiger partial charge in [0.1, 0.15) is 12.2 Å². The number of nitrogens with zero attached hydrogens (tertiary/aromatic N) is 1. The zero-order valence-corrected chi connectivity index (χ0v) is 11.5. The zero-order valence-electron chi connectivity index (χ0n) is 10.6. The van der Waals surface area contributed by atoms with Gasteiger partial charge >= 0.3 is 5.97 Å². The lowest BCUT2D eigenvalue weighted by molar-refractivity contribution is -0.142. The summed E-state index contributed by atoms with van der Waals surface area (Å²) in [6, 6.07) is 4.61. The summed E-state index contributed by atoms with van der Waals surface area (Å²) in [5.74, 6) is 0.0870. The maximum absolute atomic E-state index is 11.4. The first kappa shape index (κ1) is 13.5. The average Bonchev–Trinajstić information content (AvgIpc) is 2.68. The topological polar surface area (TPSA) is 89.1 Å². The van der Waals surface area contributed by atoms with Crippen molar-refractivity contribution >= 4 is 26.8 Å². The summed E-state index contributed by atoms with van der Waals surface area (Å²) in [6.45, 7) is 2.05. The minimum atomic E-state index is -3.26. The van der Waals surface area contributed by atoms with E-state index in [1.807, 2.05) is 0 Å². The highest BCUT2D eigenvalue weighted by Gasteiger charge is 2.12. The lowest BCUT2D eigenvalue weighted by atomic mass is 10.3. The van der Waals surface area contributed by atoms with Gasteiger partial charge in [0.25, 0.3) is 0 Å². The third-order valence-electron chi connectivity index (χ3n) is 2.55. The van der Waals surface area contributed by atoms with Crippen LogP contribution in [0.2, 0.25) is 0 Å². The van der Waals surface area contributed by atoms with Crippen molar-refractivity contribution in [2.75, 3.05) is 12.9 Å². The molecule has 0 aliphatic carbocycles. The number of hydrogen-bond donors (Lipinski definition) is 1. The number of aromatic nitrogens is 2. The normalized spacial score (nSPS) is 11.7. The van der Waals surface area contributed by atoms with Crippen LogP contribution in [0.5, 0.6) is 0 Å². The second-order valence-corrected chi connectivity index (χ2v) is 6.13. The first-order valence-corrected chi connectivity index (χ1v) is 7.63. The monoisotopic (exact) mass is 282 g/mol. The van der Waals surface area contributed by atoms with E-state index in [-0.39, 0.29) is 17.3 Å². The maximum atomic E-state index is 11.4. The van der Waals surface area contributed by atoms with Gasteiger partial charge in [-0.1, -0.05) is 0 Å². The van der Waals surface area contributed by atoms with Gasteiger partial charge in [-0.15, -0.1) is 0 Å². The van der Waals surface area contributed by atoms with Crippen molar-refractivity contribution in [3.05, 3.63) is 24.0 Å². The van der Waals surface area contributed by atoms with Crippen LogP contribution in [0.15, 0.2) is 23.1 Å². The average molecular weight is 282 g/mol. The molecule has 0 saturated heterocycles. The van der Waals surface area contributed by atoms with E-state index in [1.54, 1.807) is 13.0 Å². The Morgan fingerprint density at radius 3 is 2.79 bits per heavy atom. The lowest BCUT2D eigenvalue weighted by Crippen LogP contribution is -2.08. The van der Waals surface area contributed by atoms with Crippen molar-refractivity contribution in [3.8, 4) is 0 Å². The minimum absolute atomic E-state index is 0.0384. The number of nitrogens with one attached hydrogen (secondary N) is 1. The van der Waals surface area contributed by atoms with Crippen LogP contribution in [-0.2, 0) is 25.8 Å². The van der Waals surface area contributed by atoms with Gasteiger partial charge in [-0.3, -0.25) is 4.79 Å². The molecule has 1 N–H and O–H groups in total. The van der Waals surface area contributed by atoms with E-state index in [0.717, 1.165) is 6.26 Å². The number of H-pyrrole nitrogens is 1. The summed E-state index contributed by atoms with van der Waals surface area (Å²) in [5.41, 5.74) is 1.20. The van der Waals surface area contributed by atoms with Gasteiger partial charge < -0.3 is 9.72 Å². The molecule has 1 heterocycles. The first-order chi connectivity index (χ1) is 8.90. The molecule has 7 heteroatoms. The molecule has 1 aromatic heterocycles. The molecule has 0 bridgehead atoms. The molecule has 2 aromatic rings. The Morgan fingerprint density at radius 2 is 2.16 bits per heavy atom. The number of carbonyl (C=O) groups excluding carboxylic acids is 1. The van der Waals surface area contributed by atoms with E-state index >= 15 is 0 Å². The Bertz CT molecular complexity index is 718. The standard InChI is InChI=1S/C12H14N2O4S/c1-3-18-12(15)7-11-13-9-5-4-8(19(2,16)17)6-10(9)14-11/h4-6H,3,7H2,1-2H3,(H,13,14). The number of esters is 1. The summed E-state index contributed by atoms with van der Waals surface area (Å²) in [5, 5.41) is 0. The smallest absolute Gasteiger partial charge is 0.313 e. The molecule has 0 radical (unpaired) electrons. The van der Waals surface area contributed by atoms with Crippen LogP contribution in [-0.4, -0.2) is 37.2 Å². The third kappa shape index (κ3) is 3.11. The van der Waals surface area contributed by atoms with Gasteiger partial charge in [0.2, 0.25) is 0 Å². The number of imidazole rings is 1. The van der Waals surface area contributed by atoms with E-state index in [9.17, 15) is 13.2 Å². The molecule has 6 nitrogen and oxygen atoms in total. The van der Waals surface area contributed by atoms with Crippen molar-refractivity contribution in [3.63, 3.8) is 0 Å². The van der Waals surface area contributed by atoms with Crippen LogP contribution in [0.4, 0.5) is 0 Å². The molecule has 0 unspecified atom stereocenters. The van der Waals surface area contributed by atoms with Gasteiger partial charge in [-0.05, 0) is 25.1 Å². The summed E-state index contributed by atoms with van der Waals surface area (Å²) >= 11 is 0. The maximum Gasteiger partial charge on any atom is 0.313 e. The Hall–Kier alpha value is -1.89. The fraction of sp³-hybridized carbons (Fsp3) is 0.333. The molecular weight excluding hydrogens is 268 g/mol. The quantitative estimate of drug-likeness (QED) is 0.847. The van der Waals surface area contributed by atoms with Crippen LogP contribution < -0.4 is 0 Å². The van der Waals surface area contributed by atoms with Gasteiger partial charge in [0.15, 0.2) is 9.84 Å². The zero-order chi connectivity index (χ0) is 14.0. The van der Waals surface area contributed by atoms with E-state index in [0.29, 0.717) is 23.5 Å². The molecule has 0 saturated carbocycles. The Kier molecular flexibility index (Phi) is 3.57. The number of sulfone groups is 1. The lowest BCUT2D eigenvalue weighted by Gasteiger charge is -1.97. The summed E-state index contributed by atoms with van der Waals surface area (Å²) < 4.78 is 27.7. The summed E-state index contributed by atoms with van der Waals surface area (Å²) in [7, 11) is -3.26. The fourth-order valence-corrected chi connectivity index (χ4v) is 2.35. The Balaban J connectivity index is 2.33. The number of ether oxygens (including phenoxy) is 1. The number of benzene rings is 1. The largest absolute Gasteiger partial charge is 0.466 e. The summed E-state index contributed by atoms with van der Waals surface area (Å²) in [6.07, 6.45) is 1.18. The van der Waals surface area contributed by atoms with Crippen LogP contribution in [0, 0.1) is 0 Å². The van der Waals surface area contributed by atoms with Crippen LogP contribution >= 0.6 is 0 Å². The van der Waals surface area contributed by atoms with Crippen molar-refractivity contribution in [1.82, 2.24) is 9.97 Å². The predicted octanol–water partition coefficient (Wildman–Crippen LogP) is 1.07. The minimum Gasteiger partial charge on any atom is -0.466 e. The molecule has 0 spiro atoms. The fourth-order valence-electron chi connectivity index (χ4n) is 1.70. The van der Waals surface area contributed by atoms with Crippen LogP contribution in [0.3, 0.4) is 0 Å². The second-order valence-electron chi connectivity index (χ2n) is 4.12. The number of carbonyl (C=O) groups is 1. The highest BCUT2D eigenvalue weighted by atomic mass is 32.2. The third-order valence-corrected chi connectivity index (χ3v) is 3.66.